The Hall–Kier alpha value is -1.82. The molecule has 2 saturated heterocycles. The quantitative estimate of drug-likeness (QED) is 0.533. The van der Waals surface area contributed by atoms with Gasteiger partial charge in [0, 0.05) is 48.3 Å². The highest BCUT2D eigenvalue weighted by atomic mass is 79.9. The van der Waals surface area contributed by atoms with E-state index in [0.29, 0.717) is 17.6 Å². The summed E-state index contributed by atoms with van der Waals surface area (Å²) in [5.74, 6) is -0.452. The molecule has 0 radical (unpaired) electrons. The van der Waals surface area contributed by atoms with Gasteiger partial charge in [-0.3, -0.25) is 9.52 Å². The van der Waals surface area contributed by atoms with Crippen LogP contribution in [0.2, 0.25) is 5.02 Å². The molecule has 1 spiro atoms. The molecule has 2 aliphatic heterocycles. The summed E-state index contributed by atoms with van der Waals surface area (Å²) in [7, 11) is -4.19. The Balaban J connectivity index is 1.44. The van der Waals surface area contributed by atoms with Crippen molar-refractivity contribution < 1.29 is 18.3 Å². The Kier molecular flexibility index (Phi) is 5.43. The van der Waals surface area contributed by atoms with E-state index in [1.54, 1.807) is 11.1 Å². The highest BCUT2D eigenvalue weighted by Gasteiger charge is 2.50. The van der Waals surface area contributed by atoms with E-state index in [2.05, 4.69) is 31.0 Å². The Morgan fingerprint density at radius 1 is 1.28 bits per heavy atom. The molecule has 1 aromatic heterocycles. The molecule has 3 N–H and O–H groups in total. The number of hydrogen-bond donors (Lipinski definition) is 3. The van der Waals surface area contributed by atoms with E-state index in [1.807, 2.05) is 4.57 Å². The molecule has 9 nitrogen and oxygen atoms in total. The maximum absolute atomic E-state index is 13.2. The molecule has 0 atom stereocenters. The van der Waals surface area contributed by atoms with E-state index in [1.165, 1.54) is 12.1 Å². The standard InChI is InChI=1S/C20H23BrClN5O4S/c21-12-5-14(22)17(28)15(6-12)32(30,31)25-16-7-27(13-3-1-2-4-13)18(24-16)19(29)26-10-20(11-26)8-23-9-20/h5-7,13,23,25,28H,1-4,8-11H2. The summed E-state index contributed by atoms with van der Waals surface area (Å²) in [4.78, 5) is 19.0. The first-order valence-corrected chi connectivity index (χ1v) is 13.1. The predicted molar refractivity (Wildman–Crippen MR) is 123 cm³/mol. The Bertz CT molecular complexity index is 1180. The monoisotopic (exact) mass is 543 g/mol. The maximum Gasteiger partial charge on any atom is 0.289 e. The Morgan fingerprint density at radius 2 is 1.97 bits per heavy atom. The number of aromatic hydroxyl groups is 1. The third-order valence-corrected chi connectivity index (χ3v) is 8.62. The second kappa shape index (κ2) is 7.89. The Morgan fingerprint density at radius 3 is 2.59 bits per heavy atom. The molecular weight excluding hydrogens is 522 g/mol. The number of rotatable bonds is 5. The van der Waals surface area contributed by atoms with Crippen LogP contribution in [-0.2, 0) is 10.0 Å². The van der Waals surface area contributed by atoms with Crippen LogP contribution in [0.4, 0.5) is 5.82 Å². The van der Waals surface area contributed by atoms with Crippen LogP contribution in [0.1, 0.15) is 42.3 Å². The molecule has 0 unspecified atom stereocenters. The number of carbonyl (C=O) groups excluding carboxylic acids is 1. The number of phenolic OH excluding ortho intramolecular Hbond substituents is 1. The van der Waals surface area contributed by atoms with Gasteiger partial charge in [0.2, 0.25) is 5.82 Å². The van der Waals surface area contributed by atoms with Gasteiger partial charge in [0.05, 0.1) is 5.02 Å². The van der Waals surface area contributed by atoms with E-state index < -0.39 is 15.8 Å². The second-order valence-electron chi connectivity index (χ2n) is 8.90. The third-order valence-electron chi connectivity index (χ3n) is 6.50. The lowest BCUT2D eigenvalue weighted by molar-refractivity contribution is -0.0258. The molecule has 3 fully saturated rings. The first-order chi connectivity index (χ1) is 15.2. The van der Waals surface area contributed by atoms with Gasteiger partial charge >= 0.3 is 0 Å². The highest BCUT2D eigenvalue weighted by Crippen LogP contribution is 2.38. The second-order valence-corrected chi connectivity index (χ2v) is 11.9. The van der Waals surface area contributed by atoms with Crippen LogP contribution in [0.25, 0.3) is 0 Å². The van der Waals surface area contributed by atoms with Crippen LogP contribution < -0.4 is 10.0 Å². The number of nitrogens with one attached hydrogen (secondary N) is 2. The zero-order valence-electron chi connectivity index (χ0n) is 17.1. The van der Waals surface area contributed by atoms with Gasteiger partial charge in [0.1, 0.15) is 4.90 Å². The van der Waals surface area contributed by atoms with Gasteiger partial charge in [0.25, 0.3) is 15.9 Å². The molecule has 32 heavy (non-hydrogen) atoms. The first-order valence-electron chi connectivity index (χ1n) is 10.5. The molecule has 12 heteroatoms. The molecule has 1 saturated carbocycles. The number of sulfonamides is 1. The lowest BCUT2D eigenvalue weighted by Gasteiger charge is -2.55. The van der Waals surface area contributed by atoms with Crippen molar-refractivity contribution in [2.75, 3.05) is 30.9 Å². The SMILES string of the molecule is O=C(c1nc(NS(=O)(=O)c2cc(Br)cc(Cl)c2O)cn1C1CCCC1)N1CC2(CNC2)C1. The molecule has 172 valence electrons. The van der Waals surface area contributed by atoms with Gasteiger partial charge in [-0.1, -0.05) is 40.4 Å². The fraction of sp³-hybridized carbons (Fsp3) is 0.500. The van der Waals surface area contributed by atoms with Crippen molar-refractivity contribution in [1.29, 1.82) is 0 Å². The van der Waals surface area contributed by atoms with Crippen molar-refractivity contribution in [3.8, 4) is 5.75 Å². The minimum absolute atomic E-state index is 0.0382. The summed E-state index contributed by atoms with van der Waals surface area (Å²) in [5, 5.41) is 13.3. The summed E-state index contributed by atoms with van der Waals surface area (Å²) in [5.41, 5.74) is 0.183. The van der Waals surface area contributed by atoms with Gasteiger partial charge in [-0.15, -0.1) is 0 Å². The average Bonchev–Trinajstić information content (AvgIpc) is 3.31. The summed E-state index contributed by atoms with van der Waals surface area (Å²) >= 11 is 9.13. The van der Waals surface area contributed by atoms with Crippen molar-refractivity contribution in [3.63, 3.8) is 0 Å². The average molecular weight is 545 g/mol. The minimum atomic E-state index is -4.19. The number of anilines is 1. The summed E-state index contributed by atoms with van der Waals surface area (Å²) in [6, 6.07) is 2.77. The van der Waals surface area contributed by atoms with Crippen LogP contribution in [0.5, 0.6) is 5.75 Å². The van der Waals surface area contributed by atoms with Crippen molar-refractivity contribution in [2.24, 2.45) is 5.41 Å². The van der Waals surface area contributed by atoms with Crippen LogP contribution in [0.3, 0.4) is 0 Å². The van der Waals surface area contributed by atoms with Gasteiger partial charge in [-0.2, -0.15) is 0 Å². The van der Waals surface area contributed by atoms with E-state index in [0.717, 1.165) is 38.8 Å². The van der Waals surface area contributed by atoms with E-state index in [4.69, 9.17) is 11.6 Å². The topological polar surface area (TPSA) is 117 Å². The largest absolute Gasteiger partial charge is 0.505 e. The molecular formula is C20H23BrClN5O4S. The number of carbonyl (C=O) groups is 1. The fourth-order valence-electron chi connectivity index (χ4n) is 4.75. The first kappa shape index (κ1) is 22.0. The summed E-state index contributed by atoms with van der Waals surface area (Å²) in [6.07, 6.45) is 5.52. The molecule has 1 aliphatic carbocycles. The van der Waals surface area contributed by atoms with Crippen molar-refractivity contribution in [2.45, 2.75) is 36.6 Å². The zero-order valence-corrected chi connectivity index (χ0v) is 20.3. The molecule has 1 aromatic carbocycles. The molecule has 3 aliphatic rings. The number of imidazole rings is 1. The zero-order chi connectivity index (χ0) is 22.7. The number of likely N-dealkylation sites (tertiary alicyclic amines) is 1. The molecule has 2 aromatic rings. The minimum Gasteiger partial charge on any atom is -0.505 e. The van der Waals surface area contributed by atoms with E-state index in [9.17, 15) is 18.3 Å². The Labute approximate surface area is 199 Å². The number of nitrogens with zero attached hydrogens (tertiary/aromatic N) is 3. The highest BCUT2D eigenvalue weighted by molar-refractivity contribution is 9.10. The van der Waals surface area contributed by atoms with Crippen molar-refractivity contribution in [3.05, 3.63) is 33.6 Å². The molecule has 3 heterocycles. The van der Waals surface area contributed by atoms with E-state index in [-0.39, 0.29) is 38.9 Å². The van der Waals surface area contributed by atoms with Crippen LogP contribution in [0, 0.1) is 5.41 Å². The smallest absolute Gasteiger partial charge is 0.289 e. The number of hydrogen-bond acceptors (Lipinski definition) is 6. The number of amides is 1. The number of aromatic nitrogens is 2. The number of benzene rings is 1. The van der Waals surface area contributed by atoms with Crippen LogP contribution >= 0.6 is 27.5 Å². The van der Waals surface area contributed by atoms with Crippen LogP contribution in [0.15, 0.2) is 27.7 Å². The fourth-order valence-corrected chi connectivity index (χ4v) is 6.90. The number of halogens is 2. The summed E-state index contributed by atoms with van der Waals surface area (Å²) < 4.78 is 30.6. The number of phenols is 1. The van der Waals surface area contributed by atoms with Gasteiger partial charge in [-0.25, -0.2) is 13.4 Å². The van der Waals surface area contributed by atoms with Crippen molar-refractivity contribution in [1.82, 2.24) is 19.8 Å². The summed E-state index contributed by atoms with van der Waals surface area (Å²) in [6.45, 7) is 3.19. The molecule has 0 bridgehead atoms. The lowest BCUT2D eigenvalue weighted by Crippen LogP contribution is -2.72. The molecule has 5 rings (SSSR count). The van der Waals surface area contributed by atoms with Gasteiger partial charge in [-0.05, 0) is 25.0 Å². The predicted octanol–water partition coefficient (Wildman–Crippen LogP) is 2.97. The van der Waals surface area contributed by atoms with E-state index >= 15 is 0 Å². The molecule has 1 amide bonds. The lowest BCUT2D eigenvalue weighted by atomic mass is 9.74. The maximum atomic E-state index is 13.2. The van der Waals surface area contributed by atoms with Crippen LogP contribution in [-0.4, -0.2) is 60.1 Å². The normalized spacial score (nSPS) is 20.2. The van der Waals surface area contributed by atoms with Crippen molar-refractivity contribution >= 4 is 49.3 Å². The third kappa shape index (κ3) is 3.78. The van der Waals surface area contributed by atoms with Gasteiger partial charge in [0.15, 0.2) is 11.6 Å². The van der Waals surface area contributed by atoms with Gasteiger partial charge < -0.3 is 19.9 Å².